The molecule has 0 aromatic heterocycles. The van der Waals surface area contributed by atoms with E-state index in [0.29, 0.717) is 13.1 Å². The first kappa shape index (κ1) is 14.6. The van der Waals surface area contributed by atoms with Crippen molar-refractivity contribution in [1.29, 1.82) is 0 Å². The predicted octanol–water partition coefficient (Wildman–Crippen LogP) is 3.74. The fourth-order valence-corrected chi connectivity index (χ4v) is 2.69. The Labute approximate surface area is 138 Å². The van der Waals surface area contributed by atoms with Crippen LogP contribution in [0.5, 0.6) is 0 Å². The molecule has 1 aliphatic heterocycles. The summed E-state index contributed by atoms with van der Waals surface area (Å²) in [4.78, 5) is 9.11. The van der Waals surface area contributed by atoms with Crippen molar-refractivity contribution in [2.75, 3.05) is 18.4 Å². The van der Waals surface area contributed by atoms with Gasteiger partial charge in [-0.25, -0.2) is 0 Å². The number of nitrogens with one attached hydrogen (secondary N) is 1. The molecule has 0 aliphatic carbocycles. The van der Waals surface area contributed by atoms with Gasteiger partial charge in [0.25, 0.3) is 0 Å². The minimum Gasteiger partial charge on any atom is -0.342 e. The summed E-state index contributed by atoms with van der Waals surface area (Å²) in [6.07, 6.45) is 5.29. The number of benzene rings is 2. The van der Waals surface area contributed by atoms with Gasteiger partial charge in [-0.1, -0.05) is 52.2 Å². The summed E-state index contributed by atoms with van der Waals surface area (Å²) in [7, 11) is 0. The Morgan fingerprint density at radius 3 is 2.82 bits per heavy atom. The topological polar surface area (TPSA) is 36.8 Å². The van der Waals surface area contributed by atoms with Gasteiger partial charge in [0, 0.05) is 21.3 Å². The van der Waals surface area contributed by atoms with Gasteiger partial charge in [0.1, 0.15) is 12.4 Å². The van der Waals surface area contributed by atoms with Crippen molar-refractivity contribution >= 4 is 33.2 Å². The molecule has 0 atom stereocenters. The first-order chi connectivity index (χ1) is 10.8. The van der Waals surface area contributed by atoms with Gasteiger partial charge in [0.2, 0.25) is 0 Å². The Kier molecular flexibility index (Phi) is 4.36. The van der Waals surface area contributed by atoms with E-state index in [2.05, 4.69) is 50.4 Å². The Morgan fingerprint density at radius 1 is 1.23 bits per heavy atom. The maximum atomic E-state index is 5.29. The average molecular weight is 352 g/mol. The largest absolute Gasteiger partial charge is 0.342 e. The standard InChI is InChI=1S/C18H14BrN3/c1-2-10-20-17-12-21-18(13-6-4-3-5-7-13)15-11-14(19)8-9-16(15)22-17/h1,3-9,11H,10,12H2,(H,20,22). The number of hydrogen-bond acceptors (Lipinski definition) is 2. The maximum Gasteiger partial charge on any atom is 0.124 e. The molecule has 0 amide bonds. The highest BCUT2D eigenvalue weighted by atomic mass is 79.9. The Balaban J connectivity index is 2.12. The van der Waals surface area contributed by atoms with Crippen LogP contribution in [-0.4, -0.2) is 24.6 Å². The summed E-state index contributed by atoms with van der Waals surface area (Å²) in [5, 5.41) is 3.34. The van der Waals surface area contributed by atoms with Crippen LogP contribution in [0.15, 0.2) is 63.0 Å². The van der Waals surface area contributed by atoms with E-state index in [1.54, 1.807) is 0 Å². The molecule has 3 rings (SSSR count). The molecule has 0 saturated heterocycles. The number of benzodiazepines with no additional fused rings is 1. The van der Waals surface area contributed by atoms with E-state index in [-0.39, 0.29) is 0 Å². The van der Waals surface area contributed by atoms with Crippen molar-refractivity contribution in [2.24, 2.45) is 9.98 Å². The van der Waals surface area contributed by atoms with Crippen molar-refractivity contribution in [3.05, 3.63) is 64.1 Å². The number of terminal acetylenes is 1. The number of halogens is 1. The first-order valence-corrected chi connectivity index (χ1v) is 7.71. The fourth-order valence-electron chi connectivity index (χ4n) is 2.33. The number of fused-ring (bicyclic) bond motifs is 1. The molecule has 1 heterocycles. The number of anilines is 1. The van der Waals surface area contributed by atoms with Gasteiger partial charge in [0.15, 0.2) is 0 Å². The fraction of sp³-hybridized carbons (Fsp3) is 0.111. The van der Waals surface area contributed by atoms with Crippen LogP contribution in [0.25, 0.3) is 0 Å². The zero-order valence-corrected chi connectivity index (χ0v) is 13.5. The predicted molar refractivity (Wildman–Crippen MR) is 95.8 cm³/mol. The number of aliphatic imine (C=N–C) groups is 2. The zero-order chi connectivity index (χ0) is 15.4. The minimum absolute atomic E-state index is 0.352. The lowest BCUT2D eigenvalue weighted by Crippen LogP contribution is -2.15. The first-order valence-electron chi connectivity index (χ1n) is 6.91. The second kappa shape index (κ2) is 6.59. The van der Waals surface area contributed by atoms with Crippen LogP contribution in [0.3, 0.4) is 0 Å². The van der Waals surface area contributed by atoms with Crippen LogP contribution >= 0.6 is 15.9 Å². The van der Waals surface area contributed by atoms with Crippen LogP contribution in [0, 0.1) is 12.3 Å². The Hall–Kier alpha value is -2.38. The highest BCUT2D eigenvalue weighted by Crippen LogP contribution is 2.26. The lowest BCUT2D eigenvalue weighted by molar-refractivity contribution is 1.21. The summed E-state index contributed by atoms with van der Waals surface area (Å²) in [6.45, 7) is 0.836. The molecule has 0 fully saturated rings. The summed E-state index contributed by atoms with van der Waals surface area (Å²) in [5.41, 5.74) is 4.07. The van der Waals surface area contributed by atoms with Crippen molar-refractivity contribution in [3.8, 4) is 12.3 Å². The third kappa shape index (κ3) is 3.10. The second-order valence-corrected chi connectivity index (χ2v) is 5.73. The number of amidine groups is 1. The molecule has 108 valence electrons. The van der Waals surface area contributed by atoms with Crippen LogP contribution in [-0.2, 0) is 0 Å². The molecule has 0 unspecified atom stereocenters. The SMILES string of the molecule is C#CCN=C1CN=C(c2ccccc2)c2cc(Br)ccc2N1. The number of hydrogen-bond donors (Lipinski definition) is 1. The lowest BCUT2D eigenvalue weighted by Gasteiger charge is -2.11. The van der Waals surface area contributed by atoms with E-state index in [1.165, 1.54) is 0 Å². The molecule has 0 saturated carbocycles. The molecular formula is C18H14BrN3. The molecule has 1 N–H and O–H groups in total. The third-order valence-corrected chi connectivity index (χ3v) is 3.80. The van der Waals surface area contributed by atoms with Gasteiger partial charge in [-0.3, -0.25) is 9.98 Å². The molecule has 2 aromatic rings. The highest BCUT2D eigenvalue weighted by molar-refractivity contribution is 9.10. The van der Waals surface area contributed by atoms with Crippen LogP contribution in [0.4, 0.5) is 5.69 Å². The quantitative estimate of drug-likeness (QED) is 0.822. The normalized spacial score (nSPS) is 15.3. The molecule has 22 heavy (non-hydrogen) atoms. The molecule has 0 radical (unpaired) electrons. The van der Waals surface area contributed by atoms with Gasteiger partial charge >= 0.3 is 0 Å². The minimum atomic E-state index is 0.352. The lowest BCUT2D eigenvalue weighted by atomic mass is 10.0. The van der Waals surface area contributed by atoms with Gasteiger partial charge in [-0.2, -0.15) is 0 Å². The van der Waals surface area contributed by atoms with Crippen LogP contribution in [0.1, 0.15) is 11.1 Å². The van der Waals surface area contributed by atoms with Gasteiger partial charge in [-0.05, 0) is 18.2 Å². The smallest absolute Gasteiger partial charge is 0.124 e. The summed E-state index contributed by atoms with van der Waals surface area (Å²) in [6, 6.07) is 16.2. The number of nitrogens with zero attached hydrogens (tertiary/aromatic N) is 2. The summed E-state index contributed by atoms with van der Waals surface area (Å²) < 4.78 is 1.01. The Morgan fingerprint density at radius 2 is 2.05 bits per heavy atom. The van der Waals surface area contributed by atoms with Crippen LogP contribution < -0.4 is 5.32 Å². The number of rotatable bonds is 2. The molecule has 0 bridgehead atoms. The molecule has 4 heteroatoms. The Bertz CT molecular complexity index is 786. The summed E-state index contributed by atoms with van der Waals surface area (Å²) >= 11 is 3.53. The van der Waals surface area contributed by atoms with E-state index < -0.39 is 0 Å². The molecule has 2 aromatic carbocycles. The molecular weight excluding hydrogens is 338 g/mol. The zero-order valence-electron chi connectivity index (χ0n) is 11.9. The third-order valence-electron chi connectivity index (χ3n) is 3.31. The van der Waals surface area contributed by atoms with E-state index in [0.717, 1.165) is 32.8 Å². The van der Waals surface area contributed by atoms with Crippen molar-refractivity contribution in [1.82, 2.24) is 0 Å². The van der Waals surface area contributed by atoms with E-state index >= 15 is 0 Å². The monoisotopic (exact) mass is 351 g/mol. The van der Waals surface area contributed by atoms with Gasteiger partial charge in [0.05, 0.1) is 12.3 Å². The molecule has 1 aliphatic rings. The van der Waals surface area contributed by atoms with Crippen molar-refractivity contribution < 1.29 is 0 Å². The molecule has 0 spiro atoms. The highest BCUT2D eigenvalue weighted by Gasteiger charge is 2.17. The van der Waals surface area contributed by atoms with E-state index in [1.807, 2.05) is 30.3 Å². The van der Waals surface area contributed by atoms with Crippen LogP contribution in [0.2, 0.25) is 0 Å². The molecule has 3 nitrogen and oxygen atoms in total. The van der Waals surface area contributed by atoms with E-state index in [9.17, 15) is 0 Å². The maximum absolute atomic E-state index is 5.29. The van der Waals surface area contributed by atoms with Crippen molar-refractivity contribution in [2.45, 2.75) is 0 Å². The van der Waals surface area contributed by atoms with Crippen molar-refractivity contribution in [3.63, 3.8) is 0 Å². The van der Waals surface area contributed by atoms with Gasteiger partial charge < -0.3 is 5.32 Å². The second-order valence-electron chi connectivity index (χ2n) is 4.81. The summed E-state index contributed by atoms with van der Waals surface area (Å²) in [5.74, 6) is 3.31. The van der Waals surface area contributed by atoms with E-state index in [4.69, 9.17) is 11.4 Å². The average Bonchev–Trinajstić information content (AvgIpc) is 2.73. The van der Waals surface area contributed by atoms with Gasteiger partial charge in [-0.15, -0.1) is 6.42 Å².